The lowest BCUT2D eigenvalue weighted by Crippen LogP contribution is -2.56. The van der Waals surface area contributed by atoms with Gasteiger partial charge in [-0.1, -0.05) is 98.1 Å². The van der Waals surface area contributed by atoms with Crippen molar-refractivity contribution in [2.24, 2.45) is 11.3 Å². The topological polar surface area (TPSA) is 103 Å². The van der Waals surface area contributed by atoms with Crippen LogP contribution < -0.4 is 10.6 Å². The maximum atomic E-state index is 12.7. The Kier molecular flexibility index (Phi) is 19.7. The zero-order valence-electron chi connectivity index (χ0n) is 28.6. The molecule has 1 fully saturated rings. The normalized spacial score (nSPS) is 18.5. The monoisotopic (exact) mass is 608 g/mol. The Morgan fingerprint density at radius 2 is 1.44 bits per heavy atom. The highest BCUT2D eigenvalue weighted by Crippen LogP contribution is 2.34. The number of unbranched alkanes of at least 4 members (excludes halogenated alkanes) is 11. The van der Waals surface area contributed by atoms with E-state index >= 15 is 0 Å². The lowest BCUT2D eigenvalue weighted by atomic mass is 9.85. The number of esters is 1. The largest absolute Gasteiger partial charge is 0.463 e. The molecule has 0 aliphatic carbocycles. The van der Waals surface area contributed by atoms with Crippen molar-refractivity contribution >= 4 is 17.8 Å². The van der Waals surface area contributed by atoms with Crippen LogP contribution in [0.1, 0.15) is 145 Å². The summed E-state index contributed by atoms with van der Waals surface area (Å²) < 4.78 is 16.9. The van der Waals surface area contributed by atoms with Crippen molar-refractivity contribution in [2.45, 2.75) is 163 Å². The van der Waals surface area contributed by atoms with Crippen LogP contribution in [0, 0.1) is 11.3 Å². The van der Waals surface area contributed by atoms with Gasteiger partial charge in [0.15, 0.2) is 5.79 Å². The van der Waals surface area contributed by atoms with Crippen molar-refractivity contribution < 1.29 is 28.6 Å². The number of ether oxygens (including phenoxy) is 3. The van der Waals surface area contributed by atoms with Gasteiger partial charge >= 0.3 is 5.97 Å². The van der Waals surface area contributed by atoms with Crippen molar-refractivity contribution in [3.05, 3.63) is 12.2 Å². The summed E-state index contributed by atoms with van der Waals surface area (Å²) in [4.78, 5) is 37.5. The minimum absolute atomic E-state index is 0.00152. The molecule has 2 N–H and O–H groups in total. The fraction of sp³-hybridized carbons (Fsp3) is 0.857. The molecule has 43 heavy (non-hydrogen) atoms. The molecule has 2 amide bonds. The highest BCUT2D eigenvalue weighted by atomic mass is 16.7. The first-order valence-electron chi connectivity index (χ1n) is 17.1. The Bertz CT molecular complexity index is 823. The predicted octanol–water partition coefficient (Wildman–Crippen LogP) is 7.39. The molecule has 0 radical (unpaired) electrons. The highest BCUT2D eigenvalue weighted by molar-refractivity contribution is 5.82. The van der Waals surface area contributed by atoms with E-state index in [1.807, 2.05) is 27.7 Å². The number of hydrogen-bond donors (Lipinski definition) is 2. The molecule has 1 aliphatic heterocycles. The Morgan fingerprint density at radius 3 is 2.05 bits per heavy atom. The first kappa shape index (κ1) is 39.1. The fourth-order valence-corrected chi connectivity index (χ4v) is 4.99. The van der Waals surface area contributed by atoms with Crippen molar-refractivity contribution in [2.75, 3.05) is 19.8 Å². The van der Waals surface area contributed by atoms with E-state index < -0.39 is 23.3 Å². The van der Waals surface area contributed by atoms with E-state index in [1.165, 1.54) is 57.8 Å². The average Bonchev–Trinajstić information content (AvgIpc) is 2.94. The number of amides is 2. The lowest BCUT2D eigenvalue weighted by molar-refractivity contribution is -0.304. The second-order valence-electron chi connectivity index (χ2n) is 13.7. The molecule has 0 spiro atoms. The van der Waals surface area contributed by atoms with Gasteiger partial charge in [-0.15, -0.1) is 0 Å². The van der Waals surface area contributed by atoms with Crippen LogP contribution in [0.15, 0.2) is 12.2 Å². The number of carbonyl (C=O) groups is 3. The predicted molar refractivity (Wildman–Crippen MR) is 173 cm³/mol. The van der Waals surface area contributed by atoms with E-state index in [1.54, 1.807) is 13.8 Å². The third-order valence-electron chi connectivity index (χ3n) is 8.01. The van der Waals surface area contributed by atoms with Gasteiger partial charge in [0.2, 0.25) is 11.8 Å². The number of allylic oxidation sites excluding steroid dienone is 2. The van der Waals surface area contributed by atoms with E-state index in [2.05, 4.69) is 29.7 Å². The van der Waals surface area contributed by atoms with Crippen molar-refractivity contribution in [3.63, 3.8) is 0 Å². The molecule has 0 aromatic heterocycles. The average molecular weight is 609 g/mol. The van der Waals surface area contributed by atoms with Crippen LogP contribution >= 0.6 is 0 Å². The van der Waals surface area contributed by atoms with Gasteiger partial charge in [0.25, 0.3) is 0 Å². The lowest BCUT2D eigenvalue weighted by Gasteiger charge is -2.44. The smallest absolute Gasteiger partial charge is 0.307 e. The van der Waals surface area contributed by atoms with Crippen LogP contribution in [0.3, 0.4) is 0 Å². The second kappa shape index (κ2) is 21.7. The van der Waals surface area contributed by atoms with Gasteiger partial charge in [0.1, 0.15) is 12.7 Å². The zero-order chi connectivity index (χ0) is 32.1. The van der Waals surface area contributed by atoms with Crippen LogP contribution in [0.2, 0.25) is 0 Å². The Labute approximate surface area is 262 Å². The van der Waals surface area contributed by atoms with Crippen LogP contribution in [-0.2, 0) is 28.6 Å². The molecule has 8 heteroatoms. The van der Waals surface area contributed by atoms with Gasteiger partial charge in [-0.3, -0.25) is 14.4 Å². The summed E-state index contributed by atoms with van der Waals surface area (Å²) >= 11 is 0. The van der Waals surface area contributed by atoms with Crippen LogP contribution in [0.4, 0.5) is 0 Å². The molecule has 1 saturated heterocycles. The van der Waals surface area contributed by atoms with E-state index in [0.29, 0.717) is 13.0 Å². The van der Waals surface area contributed by atoms with E-state index in [0.717, 1.165) is 25.7 Å². The van der Waals surface area contributed by atoms with Gasteiger partial charge < -0.3 is 24.8 Å². The number of nitrogens with one attached hydrogen (secondary N) is 2. The third-order valence-corrected chi connectivity index (χ3v) is 8.01. The Balaban J connectivity index is 2.15. The molecule has 250 valence electrons. The van der Waals surface area contributed by atoms with E-state index in [9.17, 15) is 14.4 Å². The first-order valence-corrected chi connectivity index (χ1v) is 17.1. The van der Waals surface area contributed by atoms with Gasteiger partial charge in [-0.05, 0) is 51.9 Å². The summed E-state index contributed by atoms with van der Waals surface area (Å²) in [5.74, 6) is -1.39. The molecule has 0 bridgehead atoms. The van der Waals surface area contributed by atoms with Crippen LogP contribution in [-0.4, -0.2) is 55.5 Å². The number of rotatable bonds is 23. The molecule has 2 atom stereocenters. The first-order chi connectivity index (χ1) is 20.4. The molecule has 2 unspecified atom stereocenters. The quantitative estimate of drug-likeness (QED) is 0.0712. The molecule has 0 saturated carbocycles. The van der Waals surface area contributed by atoms with Gasteiger partial charge in [-0.25, -0.2) is 0 Å². The minimum atomic E-state index is -0.837. The molecule has 0 aromatic rings. The van der Waals surface area contributed by atoms with Crippen molar-refractivity contribution in [3.8, 4) is 0 Å². The van der Waals surface area contributed by atoms with Crippen LogP contribution in [0.25, 0.3) is 0 Å². The minimum Gasteiger partial charge on any atom is -0.463 e. The summed E-state index contributed by atoms with van der Waals surface area (Å²) in [7, 11) is 0. The summed E-state index contributed by atoms with van der Waals surface area (Å²) in [6.07, 6.45) is 20.5. The summed E-state index contributed by atoms with van der Waals surface area (Å²) in [6.45, 7) is 14.3. The SMILES string of the molecule is CCCCCCCC/C=C\CCCCCCCC(=O)NC(COC(=O)CCNC(=O)C1OC(C)(C)OCC1(C)C)C(C)C. The number of carbonyl (C=O) groups excluding carboxylic acids is 3. The highest BCUT2D eigenvalue weighted by Gasteiger charge is 2.45. The maximum absolute atomic E-state index is 12.7. The van der Waals surface area contributed by atoms with Crippen molar-refractivity contribution in [1.29, 1.82) is 0 Å². The van der Waals surface area contributed by atoms with Crippen molar-refractivity contribution in [1.82, 2.24) is 10.6 Å². The third kappa shape index (κ3) is 18.5. The molecule has 0 aromatic carbocycles. The molecule has 1 aliphatic rings. The summed E-state index contributed by atoms with van der Waals surface area (Å²) in [5.41, 5.74) is -0.479. The molecular weight excluding hydrogens is 544 g/mol. The fourth-order valence-electron chi connectivity index (χ4n) is 4.99. The molecule has 1 rings (SSSR count). The zero-order valence-corrected chi connectivity index (χ0v) is 28.6. The summed E-state index contributed by atoms with van der Waals surface area (Å²) in [6, 6.07) is -0.243. The number of hydrogen-bond acceptors (Lipinski definition) is 6. The standard InChI is InChI=1S/C35H64N2O6/c1-8-9-10-11-12-13-14-15-16-17-18-19-20-21-22-23-30(38)37-29(28(2)3)26-41-31(39)24-25-36-33(40)32-34(4,5)27-42-35(6,7)43-32/h15-16,28-29,32H,8-14,17-27H2,1-7H3,(H,36,40)(H,37,38)/b16-15-. The van der Waals surface area contributed by atoms with E-state index in [-0.39, 0.29) is 43.3 Å². The summed E-state index contributed by atoms with van der Waals surface area (Å²) in [5, 5.41) is 5.82. The maximum Gasteiger partial charge on any atom is 0.307 e. The Morgan fingerprint density at radius 1 is 0.860 bits per heavy atom. The van der Waals surface area contributed by atoms with Crippen LogP contribution in [0.5, 0.6) is 0 Å². The second-order valence-corrected chi connectivity index (χ2v) is 13.7. The molecular formula is C35H64N2O6. The van der Waals surface area contributed by atoms with Gasteiger partial charge in [0, 0.05) is 18.4 Å². The molecule has 1 heterocycles. The van der Waals surface area contributed by atoms with E-state index in [4.69, 9.17) is 14.2 Å². The van der Waals surface area contributed by atoms with Gasteiger partial charge in [-0.2, -0.15) is 0 Å². The van der Waals surface area contributed by atoms with Gasteiger partial charge in [0.05, 0.1) is 19.1 Å². The molecule has 8 nitrogen and oxygen atoms in total. The Hall–Kier alpha value is -1.93.